The Morgan fingerprint density at radius 3 is 2.86 bits per heavy atom. The highest BCUT2D eigenvalue weighted by molar-refractivity contribution is 7.71. The Morgan fingerprint density at radius 1 is 1.38 bits per heavy atom. The van der Waals surface area contributed by atoms with E-state index in [2.05, 4.69) is 22.0 Å². The minimum atomic E-state index is 0.518. The van der Waals surface area contributed by atoms with Crippen LogP contribution in [-0.4, -0.2) is 24.3 Å². The van der Waals surface area contributed by atoms with Crippen LogP contribution in [-0.2, 0) is 26.4 Å². The molecule has 112 valence electrons. The first kappa shape index (κ1) is 14.1. The molecule has 7 heteroatoms. The first-order chi connectivity index (χ1) is 10.1. The van der Waals surface area contributed by atoms with Crippen LogP contribution in [0.5, 0.6) is 0 Å². The second-order valence-electron chi connectivity index (χ2n) is 5.11. The molecule has 0 bridgehead atoms. The second kappa shape index (κ2) is 5.48. The topological polar surface area (TPSA) is 64.6 Å². The molecule has 0 unspecified atom stereocenters. The van der Waals surface area contributed by atoms with E-state index in [1.807, 2.05) is 23.2 Å². The van der Waals surface area contributed by atoms with E-state index in [-0.39, 0.29) is 0 Å². The third kappa shape index (κ3) is 2.42. The standard InChI is InChI=1S/C14H19N5OS/c1-4-6-10-12-13(18(3)17-10)19(14(21)16-12)8-11-15-7-9(5-2)20-11/h7H,4-6,8H2,1-3H3,(H,16,21). The zero-order valence-corrected chi connectivity index (χ0v) is 13.3. The van der Waals surface area contributed by atoms with E-state index >= 15 is 0 Å². The fraction of sp³-hybridized carbons (Fsp3) is 0.500. The van der Waals surface area contributed by atoms with Crippen LogP contribution in [0.25, 0.3) is 11.2 Å². The molecule has 21 heavy (non-hydrogen) atoms. The summed E-state index contributed by atoms with van der Waals surface area (Å²) < 4.78 is 10.2. The van der Waals surface area contributed by atoms with Gasteiger partial charge in [-0.05, 0) is 18.6 Å². The average Bonchev–Trinajstić information content (AvgIpc) is 3.11. The lowest BCUT2D eigenvalue weighted by atomic mass is 10.2. The van der Waals surface area contributed by atoms with Gasteiger partial charge < -0.3 is 9.40 Å². The van der Waals surface area contributed by atoms with Gasteiger partial charge in [-0.15, -0.1) is 0 Å². The molecule has 0 atom stereocenters. The third-order valence-corrected chi connectivity index (χ3v) is 3.87. The molecule has 0 amide bonds. The number of nitrogens with one attached hydrogen (secondary N) is 1. The summed E-state index contributed by atoms with van der Waals surface area (Å²) in [5.41, 5.74) is 3.06. The Balaban J connectivity index is 2.05. The summed E-state index contributed by atoms with van der Waals surface area (Å²) >= 11 is 5.44. The molecule has 0 radical (unpaired) electrons. The molecule has 0 saturated heterocycles. The molecule has 3 heterocycles. The van der Waals surface area contributed by atoms with Gasteiger partial charge in [0.05, 0.1) is 11.9 Å². The van der Waals surface area contributed by atoms with Crippen LogP contribution in [0.2, 0.25) is 0 Å². The molecule has 3 aromatic rings. The summed E-state index contributed by atoms with van der Waals surface area (Å²) in [6.07, 6.45) is 4.60. The molecule has 3 rings (SSSR count). The molecular formula is C14H19N5OS. The highest BCUT2D eigenvalue weighted by atomic mass is 32.1. The summed E-state index contributed by atoms with van der Waals surface area (Å²) in [7, 11) is 1.94. The van der Waals surface area contributed by atoms with Crippen LogP contribution in [0.15, 0.2) is 10.6 Å². The number of aryl methyl sites for hydroxylation is 3. The fourth-order valence-electron chi connectivity index (χ4n) is 2.56. The molecule has 0 fully saturated rings. The van der Waals surface area contributed by atoms with Crippen LogP contribution >= 0.6 is 12.2 Å². The predicted molar refractivity (Wildman–Crippen MR) is 82.9 cm³/mol. The number of aromatic amines is 1. The second-order valence-corrected chi connectivity index (χ2v) is 5.50. The predicted octanol–water partition coefficient (Wildman–Crippen LogP) is 2.98. The molecule has 6 nitrogen and oxygen atoms in total. The van der Waals surface area contributed by atoms with Gasteiger partial charge in [-0.3, -0.25) is 9.25 Å². The highest BCUT2D eigenvalue weighted by Crippen LogP contribution is 2.20. The van der Waals surface area contributed by atoms with Gasteiger partial charge in [0.1, 0.15) is 17.8 Å². The lowest BCUT2D eigenvalue weighted by molar-refractivity contribution is 0.446. The molecular weight excluding hydrogens is 286 g/mol. The number of hydrogen-bond acceptors (Lipinski definition) is 4. The monoisotopic (exact) mass is 305 g/mol. The normalized spacial score (nSPS) is 11.6. The number of nitrogens with zero attached hydrogens (tertiary/aromatic N) is 4. The number of rotatable bonds is 5. The minimum Gasteiger partial charge on any atom is -0.444 e. The van der Waals surface area contributed by atoms with Crippen molar-refractivity contribution < 1.29 is 4.42 Å². The van der Waals surface area contributed by atoms with Crippen LogP contribution in [0.3, 0.4) is 0 Å². The van der Waals surface area contributed by atoms with Crippen molar-refractivity contribution in [2.45, 2.75) is 39.7 Å². The van der Waals surface area contributed by atoms with Gasteiger partial charge in [0, 0.05) is 13.5 Å². The van der Waals surface area contributed by atoms with Crippen molar-refractivity contribution in [3.8, 4) is 0 Å². The van der Waals surface area contributed by atoms with Crippen molar-refractivity contribution in [3.63, 3.8) is 0 Å². The van der Waals surface area contributed by atoms with Crippen LogP contribution in [0.4, 0.5) is 0 Å². The summed E-state index contributed by atoms with van der Waals surface area (Å²) in [4.78, 5) is 7.57. The summed E-state index contributed by atoms with van der Waals surface area (Å²) in [5.74, 6) is 1.56. The maximum Gasteiger partial charge on any atom is 0.214 e. The van der Waals surface area contributed by atoms with E-state index in [1.165, 1.54) is 0 Å². The molecule has 0 aliphatic rings. The van der Waals surface area contributed by atoms with Crippen LogP contribution in [0.1, 0.15) is 37.6 Å². The first-order valence-electron chi connectivity index (χ1n) is 7.22. The number of H-pyrrole nitrogens is 1. The Labute approximate surface area is 127 Å². The zero-order chi connectivity index (χ0) is 15.0. The number of oxazole rings is 1. The van der Waals surface area contributed by atoms with E-state index in [9.17, 15) is 0 Å². The number of imidazole rings is 1. The smallest absolute Gasteiger partial charge is 0.214 e. The molecule has 3 aromatic heterocycles. The van der Waals surface area contributed by atoms with Crippen molar-refractivity contribution >= 4 is 23.4 Å². The van der Waals surface area contributed by atoms with Crippen molar-refractivity contribution in [3.05, 3.63) is 28.3 Å². The van der Waals surface area contributed by atoms with Crippen LogP contribution in [0, 0.1) is 4.77 Å². The Morgan fingerprint density at radius 2 is 2.19 bits per heavy atom. The Bertz CT molecular complexity index is 822. The molecule has 1 N–H and O–H groups in total. The van der Waals surface area contributed by atoms with Gasteiger partial charge in [-0.25, -0.2) is 4.98 Å². The van der Waals surface area contributed by atoms with Crippen molar-refractivity contribution in [2.24, 2.45) is 7.05 Å². The van der Waals surface area contributed by atoms with E-state index in [0.29, 0.717) is 17.2 Å². The Hall–Kier alpha value is -1.89. The van der Waals surface area contributed by atoms with Crippen molar-refractivity contribution in [2.75, 3.05) is 0 Å². The van der Waals surface area contributed by atoms with Crippen molar-refractivity contribution in [1.82, 2.24) is 24.3 Å². The summed E-state index contributed by atoms with van der Waals surface area (Å²) in [6.45, 7) is 4.71. The first-order valence-corrected chi connectivity index (χ1v) is 7.62. The van der Waals surface area contributed by atoms with Gasteiger partial charge in [-0.1, -0.05) is 20.3 Å². The lowest BCUT2D eigenvalue weighted by Crippen LogP contribution is -2.04. The largest absolute Gasteiger partial charge is 0.444 e. The van der Waals surface area contributed by atoms with E-state index in [1.54, 1.807) is 6.20 Å². The Kier molecular flexibility index (Phi) is 3.67. The van der Waals surface area contributed by atoms with E-state index < -0.39 is 0 Å². The molecule has 0 aliphatic carbocycles. The number of fused-ring (bicyclic) bond motifs is 1. The summed E-state index contributed by atoms with van der Waals surface area (Å²) in [5, 5.41) is 4.57. The third-order valence-electron chi connectivity index (χ3n) is 3.55. The highest BCUT2D eigenvalue weighted by Gasteiger charge is 2.16. The van der Waals surface area contributed by atoms with E-state index in [4.69, 9.17) is 16.6 Å². The lowest BCUT2D eigenvalue weighted by Gasteiger charge is -2.01. The quantitative estimate of drug-likeness (QED) is 0.736. The fourth-order valence-corrected chi connectivity index (χ4v) is 2.81. The SMILES string of the molecule is CCCc1nn(C)c2c1[nH]c(=S)n2Cc1ncc(CC)o1. The summed E-state index contributed by atoms with van der Waals surface area (Å²) in [6, 6.07) is 0. The minimum absolute atomic E-state index is 0.518. The number of hydrogen-bond donors (Lipinski definition) is 1. The maximum atomic E-state index is 5.68. The molecule has 0 aromatic carbocycles. The number of aromatic nitrogens is 5. The van der Waals surface area contributed by atoms with Gasteiger partial charge in [-0.2, -0.15) is 5.10 Å². The molecule has 0 spiro atoms. The van der Waals surface area contributed by atoms with E-state index in [0.717, 1.165) is 41.9 Å². The molecule has 0 saturated carbocycles. The maximum absolute atomic E-state index is 5.68. The van der Waals surface area contributed by atoms with Gasteiger partial charge in [0.15, 0.2) is 10.4 Å². The van der Waals surface area contributed by atoms with Gasteiger partial charge in [0.2, 0.25) is 5.89 Å². The molecule has 0 aliphatic heterocycles. The van der Waals surface area contributed by atoms with Gasteiger partial charge in [0.25, 0.3) is 0 Å². The zero-order valence-electron chi connectivity index (χ0n) is 12.5. The van der Waals surface area contributed by atoms with Crippen molar-refractivity contribution in [1.29, 1.82) is 0 Å². The van der Waals surface area contributed by atoms with Crippen LogP contribution < -0.4 is 0 Å². The average molecular weight is 305 g/mol. The van der Waals surface area contributed by atoms with Gasteiger partial charge >= 0.3 is 0 Å².